The van der Waals surface area contributed by atoms with Gasteiger partial charge in [0.15, 0.2) is 0 Å². The molecule has 2 heteroatoms. The van der Waals surface area contributed by atoms with Gasteiger partial charge in [0.1, 0.15) is 0 Å². The Morgan fingerprint density at radius 1 is 0.778 bits per heavy atom. The minimum Gasteiger partial charge on any atom is -0.324 e. The largest absolute Gasteiger partial charge is 0.324 e. The average molecular weight is 256 g/mol. The SMILES string of the molecule is CC(C)(C)CCCCCCCCNCC(C)(C)N. The van der Waals surface area contributed by atoms with Crippen LogP contribution in [0, 0.1) is 5.41 Å². The molecular formula is C16H36N2. The summed E-state index contributed by atoms with van der Waals surface area (Å²) in [5.41, 5.74) is 6.34. The molecule has 0 aliphatic rings. The Labute approximate surface area is 115 Å². The summed E-state index contributed by atoms with van der Waals surface area (Å²) >= 11 is 0. The van der Waals surface area contributed by atoms with Crippen molar-refractivity contribution in [1.29, 1.82) is 0 Å². The van der Waals surface area contributed by atoms with Gasteiger partial charge in [0.25, 0.3) is 0 Å². The number of hydrogen-bond donors (Lipinski definition) is 2. The Morgan fingerprint density at radius 3 is 1.78 bits per heavy atom. The number of unbranched alkanes of at least 4 members (excludes halogenated alkanes) is 5. The fourth-order valence-electron chi connectivity index (χ4n) is 2.02. The molecule has 18 heavy (non-hydrogen) atoms. The fraction of sp³-hybridized carbons (Fsp3) is 1.00. The van der Waals surface area contributed by atoms with Gasteiger partial charge >= 0.3 is 0 Å². The molecule has 0 spiro atoms. The zero-order chi connectivity index (χ0) is 14.1. The fourth-order valence-corrected chi connectivity index (χ4v) is 2.02. The second-order valence-corrected chi connectivity index (χ2v) is 7.60. The summed E-state index contributed by atoms with van der Waals surface area (Å²) in [7, 11) is 0. The number of nitrogens with two attached hydrogens (primary N) is 1. The van der Waals surface area contributed by atoms with Crippen LogP contribution in [0.25, 0.3) is 0 Å². The molecule has 0 aromatic carbocycles. The average Bonchev–Trinajstić information content (AvgIpc) is 2.17. The summed E-state index contributed by atoms with van der Waals surface area (Å²) in [6.45, 7) is 13.2. The van der Waals surface area contributed by atoms with Crippen LogP contribution in [-0.4, -0.2) is 18.6 Å². The molecule has 0 bridgehead atoms. The molecule has 0 rings (SSSR count). The highest BCUT2D eigenvalue weighted by Crippen LogP contribution is 2.22. The van der Waals surface area contributed by atoms with E-state index in [0.717, 1.165) is 13.1 Å². The quantitative estimate of drug-likeness (QED) is 0.578. The van der Waals surface area contributed by atoms with Gasteiger partial charge in [-0.15, -0.1) is 0 Å². The minimum absolute atomic E-state index is 0.0764. The standard InChI is InChI=1S/C16H36N2/c1-15(2,3)12-10-8-6-7-9-11-13-18-14-16(4,5)17/h18H,6-14,17H2,1-5H3. The molecule has 0 fully saturated rings. The topological polar surface area (TPSA) is 38.0 Å². The van der Waals surface area contributed by atoms with Crippen molar-refractivity contribution in [2.24, 2.45) is 11.1 Å². The minimum atomic E-state index is -0.0764. The van der Waals surface area contributed by atoms with Crippen molar-refractivity contribution in [3.8, 4) is 0 Å². The molecule has 0 aromatic rings. The Bertz CT molecular complexity index is 164. The summed E-state index contributed by atoms with van der Waals surface area (Å²) in [6, 6.07) is 0. The van der Waals surface area contributed by atoms with E-state index in [-0.39, 0.29) is 5.54 Å². The maximum atomic E-state index is 5.90. The van der Waals surface area contributed by atoms with Crippen LogP contribution in [-0.2, 0) is 0 Å². The molecule has 3 N–H and O–H groups in total. The van der Waals surface area contributed by atoms with E-state index >= 15 is 0 Å². The van der Waals surface area contributed by atoms with Gasteiger partial charge in [-0.25, -0.2) is 0 Å². The summed E-state index contributed by atoms with van der Waals surface area (Å²) in [5, 5.41) is 3.42. The first kappa shape index (κ1) is 17.9. The van der Waals surface area contributed by atoms with Crippen LogP contribution in [0.1, 0.15) is 79.6 Å². The molecule has 0 aromatic heterocycles. The van der Waals surface area contributed by atoms with Crippen molar-refractivity contribution in [1.82, 2.24) is 5.32 Å². The number of nitrogens with one attached hydrogen (secondary N) is 1. The van der Waals surface area contributed by atoms with Gasteiger partial charge in [-0.2, -0.15) is 0 Å². The molecule has 0 saturated carbocycles. The van der Waals surface area contributed by atoms with Crippen molar-refractivity contribution in [3.63, 3.8) is 0 Å². The highest BCUT2D eigenvalue weighted by Gasteiger charge is 2.09. The Morgan fingerprint density at radius 2 is 1.28 bits per heavy atom. The molecule has 2 nitrogen and oxygen atoms in total. The van der Waals surface area contributed by atoms with Crippen LogP contribution in [0.4, 0.5) is 0 Å². The van der Waals surface area contributed by atoms with Crippen molar-refractivity contribution in [2.75, 3.05) is 13.1 Å². The third-order valence-electron chi connectivity index (χ3n) is 3.11. The summed E-state index contributed by atoms with van der Waals surface area (Å²) in [4.78, 5) is 0. The maximum absolute atomic E-state index is 5.90. The highest BCUT2D eigenvalue weighted by atomic mass is 14.9. The summed E-state index contributed by atoms with van der Waals surface area (Å²) in [5.74, 6) is 0. The molecule has 0 unspecified atom stereocenters. The van der Waals surface area contributed by atoms with E-state index in [2.05, 4.69) is 39.9 Å². The maximum Gasteiger partial charge on any atom is 0.0223 e. The Balaban J connectivity index is 3.13. The lowest BCUT2D eigenvalue weighted by molar-refractivity contribution is 0.356. The van der Waals surface area contributed by atoms with Gasteiger partial charge in [-0.1, -0.05) is 52.9 Å². The van der Waals surface area contributed by atoms with Gasteiger partial charge in [0, 0.05) is 12.1 Å². The lowest BCUT2D eigenvalue weighted by Gasteiger charge is -2.19. The van der Waals surface area contributed by atoms with E-state index in [1.807, 2.05) is 0 Å². The third-order valence-corrected chi connectivity index (χ3v) is 3.11. The van der Waals surface area contributed by atoms with Crippen molar-refractivity contribution >= 4 is 0 Å². The summed E-state index contributed by atoms with van der Waals surface area (Å²) in [6.07, 6.45) is 9.59. The molecule has 0 saturated heterocycles. The first-order valence-electron chi connectivity index (χ1n) is 7.70. The van der Waals surface area contributed by atoms with E-state index in [4.69, 9.17) is 5.73 Å². The van der Waals surface area contributed by atoms with E-state index in [0.29, 0.717) is 5.41 Å². The molecule has 0 heterocycles. The highest BCUT2D eigenvalue weighted by molar-refractivity contribution is 4.74. The molecule has 0 atom stereocenters. The predicted octanol–water partition coefficient (Wildman–Crippen LogP) is 4.09. The molecule has 0 radical (unpaired) electrons. The van der Waals surface area contributed by atoms with Crippen molar-refractivity contribution in [2.45, 2.75) is 85.1 Å². The smallest absolute Gasteiger partial charge is 0.0223 e. The van der Waals surface area contributed by atoms with Crippen LogP contribution in [0.3, 0.4) is 0 Å². The third kappa shape index (κ3) is 15.9. The van der Waals surface area contributed by atoms with E-state index < -0.39 is 0 Å². The van der Waals surface area contributed by atoms with Crippen LogP contribution >= 0.6 is 0 Å². The second-order valence-electron chi connectivity index (χ2n) is 7.60. The Hall–Kier alpha value is -0.0800. The van der Waals surface area contributed by atoms with E-state index in [1.165, 1.54) is 44.9 Å². The van der Waals surface area contributed by atoms with E-state index in [9.17, 15) is 0 Å². The van der Waals surface area contributed by atoms with Crippen molar-refractivity contribution < 1.29 is 0 Å². The zero-order valence-corrected chi connectivity index (χ0v) is 13.4. The lowest BCUT2D eigenvalue weighted by atomic mass is 9.89. The van der Waals surface area contributed by atoms with Gasteiger partial charge in [-0.05, 0) is 38.6 Å². The van der Waals surface area contributed by atoms with Gasteiger partial charge in [-0.3, -0.25) is 0 Å². The van der Waals surface area contributed by atoms with Crippen LogP contribution in [0.15, 0.2) is 0 Å². The van der Waals surface area contributed by atoms with Gasteiger partial charge in [0.05, 0.1) is 0 Å². The number of rotatable bonds is 10. The zero-order valence-electron chi connectivity index (χ0n) is 13.4. The van der Waals surface area contributed by atoms with E-state index in [1.54, 1.807) is 0 Å². The molecule has 110 valence electrons. The Kier molecular flexibility index (Phi) is 8.89. The molecule has 0 aliphatic heterocycles. The summed E-state index contributed by atoms with van der Waals surface area (Å²) < 4.78 is 0. The normalized spacial score (nSPS) is 13.0. The van der Waals surface area contributed by atoms with Crippen LogP contribution < -0.4 is 11.1 Å². The van der Waals surface area contributed by atoms with Crippen LogP contribution in [0.5, 0.6) is 0 Å². The molecule has 0 aliphatic carbocycles. The first-order chi connectivity index (χ1) is 8.21. The van der Waals surface area contributed by atoms with Crippen LogP contribution in [0.2, 0.25) is 0 Å². The lowest BCUT2D eigenvalue weighted by Crippen LogP contribution is -2.43. The number of hydrogen-bond acceptors (Lipinski definition) is 2. The van der Waals surface area contributed by atoms with Gasteiger partial charge < -0.3 is 11.1 Å². The second kappa shape index (κ2) is 8.92. The van der Waals surface area contributed by atoms with Crippen molar-refractivity contribution in [3.05, 3.63) is 0 Å². The van der Waals surface area contributed by atoms with Gasteiger partial charge in [0.2, 0.25) is 0 Å². The molecule has 0 amide bonds. The first-order valence-corrected chi connectivity index (χ1v) is 7.70. The monoisotopic (exact) mass is 256 g/mol. The predicted molar refractivity (Wildman–Crippen MR) is 82.9 cm³/mol. The molecular weight excluding hydrogens is 220 g/mol.